The summed E-state index contributed by atoms with van der Waals surface area (Å²) in [5.74, 6) is 2.60. The van der Waals surface area contributed by atoms with E-state index < -0.39 is 0 Å². The highest BCUT2D eigenvalue weighted by molar-refractivity contribution is 5.54. The van der Waals surface area contributed by atoms with Crippen LogP contribution in [0.25, 0.3) is 0 Å². The van der Waals surface area contributed by atoms with Crippen LogP contribution >= 0.6 is 0 Å². The Hall–Kier alpha value is -1.09. The highest BCUT2D eigenvalue weighted by atomic mass is 19.1. The zero-order valence-electron chi connectivity index (χ0n) is 13.4. The lowest BCUT2D eigenvalue weighted by molar-refractivity contribution is 0.337. The SMILES string of the molecule is CNC(C)c1cc(F)ccc1N(C)CC1CC2CCC1C2. The largest absolute Gasteiger partial charge is 0.374 e. The van der Waals surface area contributed by atoms with Gasteiger partial charge in [-0.25, -0.2) is 4.39 Å². The number of anilines is 1. The van der Waals surface area contributed by atoms with Crippen LogP contribution in [0.2, 0.25) is 0 Å². The summed E-state index contributed by atoms with van der Waals surface area (Å²) in [7, 11) is 4.08. The zero-order valence-corrected chi connectivity index (χ0v) is 13.4. The molecular formula is C18H27FN2. The summed E-state index contributed by atoms with van der Waals surface area (Å²) in [5, 5.41) is 3.23. The van der Waals surface area contributed by atoms with Crippen molar-refractivity contribution in [2.45, 2.75) is 38.6 Å². The second kappa shape index (κ2) is 5.96. The van der Waals surface area contributed by atoms with Gasteiger partial charge in [-0.1, -0.05) is 6.42 Å². The summed E-state index contributed by atoms with van der Waals surface area (Å²) < 4.78 is 13.6. The average Bonchev–Trinajstić information content (AvgIpc) is 3.08. The molecule has 0 aromatic heterocycles. The highest BCUT2D eigenvalue weighted by Crippen LogP contribution is 2.48. The molecule has 0 radical (unpaired) electrons. The standard InChI is InChI=1S/C18H27FN2/c1-12(20-2)17-10-16(19)6-7-18(17)21(3)11-15-9-13-4-5-14(15)8-13/h6-7,10,12-15,20H,4-5,8-9,11H2,1-3H3. The van der Waals surface area contributed by atoms with E-state index in [4.69, 9.17) is 0 Å². The molecule has 0 amide bonds. The van der Waals surface area contributed by atoms with E-state index in [1.807, 2.05) is 13.1 Å². The molecule has 0 aliphatic heterocycles. The Morgan fingerprint density at radius 2 is 2.14 bits per heavy atom. The van der Waals surface area contributed by atoms with Gasteiger partial charge in [0.1, 0.15) is 5.82 Å². The molecule has 1 aromatic carbocycles. The van der Waals surface area contributed by atoms with Crippen LogP contribution in [-0.2, 0) is 0 Å². The molecule has 4 unspecified atom stereocenters. The maximum absolute atomic E-state index is 13.6. The van der Waals surface area contributed by atoms with E-state index in [-0.39, 0.29) is 11.9 Å². The zero-order chi connectivity index (χ0) is 15.0. The van der Waals surface area contributed by atoms with Gasteiger partial charge in [-0.3, -0.25) is 0 Å². The Morgan fingerprint density at radius 3 is 2.76 bits per heavy atom. The molecule has 1 N–H and O–H groups in total. The van der Waals surface area contributed by atoms with Gasteiger partial charge >= 0.3 is 0 Å². The van der Waals surface area contributed by atoms with E-state index in [9.17, 15) is 4.39 Å². The van der Waals surface area contributed by atoms with Crippen LogP contribution in [0.5, 0.6) is 0 Å². The first-order chi connectivity index (χ1) is 10.1. The Morgan fingerprint density at radius 1 is 1.33 bits per heavy atom. The number of nitrogens with one attached hydrogen (secondary N) is 1. The normalized spacial score (nSPS) is 28.9. The maximum Gasteiger partial charge on any atom is 0.123 e. The number of benzene rings is 1. The molecule has 2 saturated carbocycles. The Labute approximate surface area is 127 Å². The van der Waals surface area contributed by atoms with E-state index in [0.717, 1.165) is 29.9 Å². The fraction of sp³-hybridized carbons (Fsp3) is 0.667. The van der Waals surface area contributed by atoms with Crippen LogP contribution in [-0.4, -0.2) is 20.6 Å². The monoisotopic (exact) mass is 290 g/mol. The van der Waals surface area contributed by atoms with Gasteiger partial charge in [0.2, 0.25) is 0 Å². The van der Waals surface area contributed by atoms with E-state index in [1.54, 1.807) is 12.1 Å². The van der Waals surface area contributed by atoms with Gasteiger partial charge in [0.15, 0.2) is 0 Å². The fourth-order valence-corrected chi connectivity index (χ4v) is 4.43. The number of hydrogen-bond donors (Lipinski definition) is 1. The number of hydrogen-bond acceptors (Lipinski definition) is 2. The molecule has 2 aliphatic carbocycles. The summed E-state index contributed by atoms with van der Waals surface area (Å²) in [6, 6.07) is 5.36. The first-order valence-corrected chi connectivity index (χ1v) is 8.26. The minimum Gasteiger partial charge on any atom is -0.374 e. The lowest BCUT2D eigenvalue weighted by Gasteiger charge is -2.31. The third kappa shape index (κ3) is 2.94. The molecule has 0 spiro atoms. The molecule has 116 valence electrons. The third-order valence-electron chi connectivity index (χ3n) is 5.69. The van der Waals surface area contributed by atoms with Crippen molar-refractivity contribution in [1.82, 2.24) is 5.32 Å². The van der Waals surface area contributed by atoms with Crippen molar-refractivity contribution in [3.05, 3.63) is 29.6 Å². The van der Waals surface area contributed by atoms with Crippen LogP contribution < -0.4 is 10.2 Å². The van der Waals surface area contributed by atoms with E-state index in [0.29, 0.717) is 0 Å². The number of halogens is 1. The lowest BCUT2D eigenvalue weighted by Crippen LogP contribution is -2.30. The summed E-state index contributed by atoms with van der Waals surface area (Å²) in [6.07, 6.45) is 5.71. The highest BCUT2D eigenvalue weighted by Gasteiger charge is 2.39. The molecule has 0 saturated heterocycles. The third-order valence-corrected chi connectivity index (χ3v) is 5.69. The van der Waals surface area contributed by atoms with Crippen molar-refractivity contribution < 1.29 is 4.39 Å². The molecule has 4 atom stereocenters. The Balaban J connectivity index is 1.76. The Kier molecular flexibility index (Phi) is 4.21. The van der Waals surface area contributed by atoms with Crippen molar-refractivity contribution in [2.24, 2.45) is 17.8 Å². The molecule has 3 heteroatoms. The molecule has 3 rings (SSSR count). The summed E-state index contributed by atoms with van der Waals surface area (Å²) in [4.78, 5) is 2.34. The van der Waals surface area contributed by atoms with Gasteiger partial charge in [-0.2, -0.15) is 0 Å². The molecule has 2 aliphatic rings. The second-order valence-electron chi connectivity index (χ2n) is 7.03. The van der Waals surface area contributed by atoms with Crippen LogP contribution in [0.4, 0.5) is 10.1 Å². The Bertz CT molecular complexity index is 502. The quantitative estimate of drug-likeness (QED) is 0.882. The molecule has 1 aromatic rings. The number of nitrogens with zero attached hydrogens (tertiary/aromatic N) is 1. The predicted molar refractivity (Wildman–Crippen MR) is 86.1 cm³/mol. The van der Waals surface area contributed by atoms with Gasteiger partial charge in [-0.15, -0.1) is 0 Å². The second-order valence-corrected chi connectivity index (χ2v) is 7.03. The minimum absolute atomic E-state index is 0.149. The van der Waals surface area contributed by atoms with Crippen molar-refractivity contribution in [3.8, 4) is 0 Å². The first-order valence-electron chi connectivity index (χ1n) is 8.26. The molecule has 0 heterocycles. The van der Waals surface area contributed by atoms with E-state index >= 15 is 0 Å². The first kappa shape index (κ1) is 14.8. The van der Waals surface area contributed by atoms with E-state index in [1.165, 1.54) is 31.4 Å². The molecule has 21 heavy (non-hydrogen) atoms. The molecule has 2 bridgehead atoms. The fourth-order valence-electron chi connectivity index (χ4n) is 4.43. The summed E-state index contributed by atoms with van der Waals surface area (Å²) in [5.41, 5.74) is 2.23. The summed E-state index contributed by atoms with van der Waals surface area (Å²) in [6.45, 7) is 3.19. The smallest absolute Gasteiger partial charge is 0.123 e. The van der Waals surface area contributed by atoms with Crippen molar-refractivity contribution in [1.29, 1.82) is 0 Å². The van der Waals surface area contributed by atoms with Crippen LogP contribution in [0.3, 0.4) is 0 Å². The van der Waals surface area contributed by atoms with Crippen LogP contribution in [0, 0.1) is 23.6 Å². The van der Waals surface area contributed by atoms with Crippen molar-refractivity contribution in [3.63, 3.8) is 0 Å². The molecule has 2 fully saturated rings. The summed E-state index contributed by atoms with van der Waals surface area (Å²) >= 11 is 0. The van der Waals surface area contributed by atoms with Gasteiger partial charge in [-0.05, 0) is 74.8 Å². The van der Waals surface area contributed by atoms with Gasteiger partial charge in [0.05, 0.1) is 0 Å². The number of fused-ring (bicyclic) bond motifs is 2. The van der Waals surface area contributed by atoms with Crippen LogP contribution in [0.1, 0.15) is 44.2 Å². The van der Waals surface area contributed by atoms with Crippen molar-refractivity contribution in [2.75, 3.05) is 25.5 Å². The lowest BCUT2D eigenvalue weighted by atomic mass is 9.88. The van der Waals surface area contributed by atoms with Gasteiger partial charge < -0.3 is 10.2 Å². The average molecular weight is 290 g/mol. The maximum atomic E-state index is 13.6. The topological polar surface area (TPSA) is 15.3 Å². The van der Waals surface area contributed by atoms with Gasteiger partial charge in [0, 0.05) is 25.3 Å². The molecular weight excluding hydrogens is 263 g/mol. The van der Waals surface area contributed by atoms with E-state index in [2.05, 4.69) is 24.2 Å². The van der Waals surface area contributed by atoms with Crippen LogP contribution in [0.15, 0.2) is 18.2 Å². The number of rotatable bonds is 5. The predicted octanol–water partition coefficient (Wildman–Crippen LogP) is 3.98. The van der Waals surface area contributed by atoms with Gasteiger partial charge in [0.25, 0.3) is 0 Å². The minimum atomic E-state index is -0.149. The van der Waals surface area contributed by atoms with Crippen molar-refractivity contribution >= 4 is 5.69 Å². The molecule has 2 nitrogen and oxygen atoms in total.